The summed E-state index contributed by atoms with van der Waals surface area (Å²) in [6.07, 6.45) is 0.464. The number of hydrogen-bond acceptors (Lipinski definition) is 1. The standard InChI is InChI=1S/C16H16BrF2N/c1-10-3-5-13(18)9-14(10)16(20-2)8-11-7-12(17)4-6-15(11)19/h3-7,9,16,20H,8H2,1-2H3. The van der Waals surface area contributed by atoms with Gasteiger partial charge in [-0.25, -0.2) is 8.78 Å². The maximum absolute atomic E-state index is 13.8. The van der Waals surface area contributed by atoms with Crippen LogP contribution in [-0.4, -0.2) is 7.05 Å². The lowest BCUT2D eigenvalue weighted by Gasteiger charge is -2.19. The van der Waals surface area contributed by atoms with Gasteiger partial charge in [-0.3, -0.25) is 0 Å². The summed E-state index contributed by atoms with van der Waals surface area (Å²) in [5, 5.41) is 3.13. The summed E-state index contributed by atoms with van der Waals surface area (Å²) in [6, 6.07) is 9.41. The molecule has 106 valence electrons. The number of rotatable bonds is 4. The van der Waals surface area contributed by atoms with Gasteiger partial charge in [-0.1, -0.05) is 22.0 Å². The molecule has 0 aromatic heterocycles. The van der Waals surface area contributed by atoms with Crippen molar-refractivity contribution < 1.29 is 8.78 Å². The molecular formula is C16H16BrF2N. The third-order valence-electron chi connectivity index (χ3n) is 3.40. The monoisotopic (exact) mass is 339 g/mol. The van der Waals surface area contributed by atoms with Crippen molar-refractivity contribution in [2.24, 2.45) is 0 Å². The van der Waals surface area contributed by atoms with Crippen molar-refractivity contribution in [2.75, 3.05) is 7.05 Å². The van der Waals surface area contributed by atoms with Crippen molar-refractivity contribution in [3.63, 3.8) is 0 Å². The Labute approximate surface area is 126 Å². The fourth-order valence-electron chi connectivity index (χ4n) is 2.27. The molecule has 20 heavy (non-hydrogen) atoms. The number of halogens is 3. The van der Waals surface area contributed by atoms with E-state index in [0.717, 1.165) is 15.6 Å². The molecule has 0 saturated carbocycles. The Morgan fingerprint density at radius 1 is 1.15 bits per heavy atom. The van der Waals surface area contributed by atoms with Crippen LogP contribution >= 0.6 is 15.9 Å². The zero-order valence-electron chi connectivity index (χ0n) is 11.4. The summed E-state index contributed by atoms with van der Waals surface area (Å²) in [5.41, 5.74) is 2.44. The molecule has 2 rings (SSSR count). The second-order valence-corrected chi connectivity index (χ2v) is 5.70. The molecule has 0 aliphatic rings. The van der Waals surface area contributed by atoms with Gasteiger partial charge in [-0.05, 0) is 67.4 Å². The largest absolute Gasteiger partial charge is 0.313 e. The molecule has 0 fully saturated rings. The van der Waals surface area contributed by atoms with Crippen molar-refractivity contribution in [1.82, 2.24) is 5.32 Å². The summed E-state index contributed by atoms with van der Waals surface area (Å²) in [7, 11) is 1.80. The van der Waals surface area contributed by atoms with Gasteiger partial charge in [0.2, 0.25) is 0 Å². The second kappa shape index (κ2) is 6.46. The van der Waals surface area contributed by atoms with E-state index in [4.69, 9.17) is 0 Å². The maximum atomic E-state index is 13.8. The van der Waals surface area contributed by atoms with E-state index >= 15 is 0 Å². The highest BCUT2D eigenvalue weighted by molar-refractivity contribution is 9.10. The molecule has 0 bridgehead atoms. The van der Waals surface area contributed by atoms with Gasteiger partial charge in [0.1, 0.15) is 11.6 Å². The SMILES string of the molecule is CNC(Cc1cc(Br)ccc1F)c1cc(F)ccc1C. The van der Waals surface area contributed by atoms with Crippen LogP contribution in [0.4, 0.5) is 8.78 Å². The van der Waals surface area contributed by atoms with E-state index in [1.54, 1.807) is 25.2 Å². The Morgan fingerprint density at radius 3 is 2.60 bits per heavy atom. The molecule has 2 aromatic rings. The van der Waals surface area contributed by atoms with E-state index in [9.17, 15) is 8.78 Å². The van der Waals surface area contributed by atoms with Gasteiger partial charge in [-0.2, -0.15) is 0 Å². The first-order chi connectivity index (χ1) is 9.51. The van der Waals surface area contributed by atoms with Crippen LogP contribution < -0.4 is 5.32 Å². The van der Waals surface area contributed by atoms with Gasteiger partial charge >= 0.3 is 0 Å². The molecule has 0 aliphatic carbocycles. The number of benzene rings is 2. The van der Waals surface area contributed by atoms with Crippen LogP contribution in [0.2, 0.25) is 0 Å². The molecule has 1 N–H and O–H groups in total. The van der Waals surface area contributed by atoms with Crippen LogP contribution in [0, 0.1) is 18.6 Å². The Morgan fingerprint density at radius 2 is 1.90 bits per heavy atom. The zero-order valence-corrected chi connectivity index (χ0v) is 13.0. The summed E-state index contributed by atoms with van der Waals surface area (Å²) < 4.78 is 28.1. The zero-order chi connectivity index (χ0) is 14.7. The Balaban J connectivity index is 2.33. The normalized spacial score (nSPS) is 12.4. The van der Waals surface area contributed by atoms with E-state index in [2.05, 4.69) is 21.2 Å². The van der Waals surface area contributed by atoms with Crippen LogP contribution in [0.5, 0.6) is 0 Å². The molecular weight excluding hydrogens is 324 g/mol. The van der Waals surface area contributed by atoms with Gasteiger partial charge in [0.15, 0.2) is 0 Å². The fourth-order valence-corrected chi connectivity index (χ4v) is 2.68. The molecule has 0 amide bonds. The third-order valence-corrected chi connectivity index (χ3v) is 3.89. The predicted molar refractivity (Wildman–Crippen MR) is 80.7 cm³/mol. The molecule has 0 radical (unpaired) electrons. The van der Waals surface area contributed by atoms with E-state index in [0.29, 0.717) is 12.0 Å². The maximum Gasteiger partial charge on any atom is 0.126 e. The minimum atomic E-state index is -0.277. The van der Waals surface area contributed by atoms with Gasteiger partial charge in [0, 0.05) is 10.5 Å². The van der Waals surface area contributed by atoms with Crippen LogP contribution in [-0.2, 0) is 6.42 Å². The van der Waals surface area contributed by atoms with Crippen molar-refractivity contribution >= 4 is 15.9 Å². The highest BCUT2D eigenvalue weighted by Gasteiger charge is 2.15. The molecule has 0 spiro atoms. The number of likely N-dealkylation sites (N-methyl/N-ethyl adjacent to an activating group) is 1. The molecule has 1 atom stereocenters. The summed E-state index contributed by atoms with van der Waals surface area (Å²) in [4.78, 5) is 0. The molecule has 2 aromatic carbocycles. The molecule has 0 aliphatic heterocycles. The van der Waals surface area contributed by atoms with E-state index in [-0.39, 0.29) is 17.7 Å². The molecule has 0 saturated heterocycles. The van der Waals surface area contributed by atoms with Crippen LogP contribution in [0.25, 0.3) is 0 Å². The average molecular weight is 340 g/mol. The van der Waals surface area contributed by atoms with Crippen molar-refractivity contribution in [1.29, 1.82) is 0 Å². The lowest BCUT2D eigenvalue weighted by molar-refractivity contribution is 0.547. The van der Waals surface area contributed by atoms with Crippen LogP contribution in [0.15, 0.2) is 40.9 Å². The molecule has 1 unspecified atom stereocenters. The van der Waals surface area contributed by atoms with Gasteiger partial charge in [-0.15, -0.1) is 0 Å². The summed E-state index contributed by atoms with van der Waals surface area (Å²) in [6.45, 7) is 1.93. The number of nitrogens with one attached hydrogen (secondary N) is 1. The average Bonchev–Trinajstić information content (AvgIpc) is 2.42. The highest BCUT2D eigenvalue weighted by Crippen LogP contribution is 2.25. The summed E-state index contributed by atoms with van der Waals surface area (Å²) >= 11 is 3.34. The smallest absolute Gasteiger partial charge is 0.126 e. The minimum Gasteiger partial charge on any atom is -0.313 e. The first-order valence-electron chi connectivity index (χ1n) is 6.38. The Bertz CT molecular complexity index is 613. The fraction of sp³-hybridized carbons (Fsp3) is 0.250. The first-order valence-corrected chi connectivity index (χ1v) is 7.18. The topological polar surface area (TPSA) is 12.0 Å². The summed E-state index contributed by atoms with van der Waals surface area (Å²) in [5.74, 6) is -0.525. The third kappa shape index (κ3) is 3.44. The Kier molecular flexibility index (Phi) is 4.89. The molecule has 1 nitrogen and oxygen atoms in total. The van der Waals surface area contributed by atoms with E-state index in [1.807, 2.05) is 6.92 Å². The van der Waals surface area contributed by atoms with Crippen molar-refractivity contribution in [3.05, 3.63) is 69.2 Å². The molecule has 0 heterocycles. The lowest BCUT2D eigenvalue weighted by atomic mass is 9.95. The second-order valence-electron chi connectivity index (χ2n) is 4.78. The van der Waals surface area contributed by atoms with Crippen LogP contribution in [0.1, 0.15) is 22.7 Å². The van der Waals surface area contributed by atoms with E-state index in [1.165, 1.54) is 18.2 Å². The number of aryl methyl sites for hydroxylation is 1. The van der Waals surface area contributed by atoms with Crippen molar-refractivity contribution in [2.45, 2.75) is 19.4 Å². The highest BCUT2D eigenvalue weighted by atomic mass is 79.9. The number of hydrogen-bond donors (Lipinski definition) is 1. The van der Waals surface area contributed by atoms with Gasteiger partial charge in [0.05, 0.1) is 0 Å². The predicted octanol–water partition coefficient (Wildman–Crippen LogP) is 4.54. The molecule has 4 heteroatoms. The van der Waals surface area contributed by atoms with Gasteiger partial charge < -0.3 is 5.32 Å². The van der Waals surface area contributed by atoms with Crippen molar-refractivity contribution in [3.8, 4) is 0 Å². The minimum absolute atomic E-state index is 0.130. The first kappa shape index (κ1) is 15.1. The van der Waals surface area contributed by atoms with Crippen LogP contribution in [0.3, 0.4) is 0 Å². The quantitative estimate of drug-likeness (QED) is 0.862. The van der Waals surface area contributed by atoms with Gasteiger partial charge in [0.25, 0.3) is 0 Å². The lowest BCUT2D eigenvalue weighted by Crippen LogP contribution is -2.20. The van der Waals surface area contributed by atoms with E-state index < -0.39 is 0 Å². The Hall–Kier alpha value is -1.26.